The van der Waals surface area contributed by atoms with E-state index in [1.54, 1.807) is 24.3 Å². The van der Waals surface area contributed by atoms with Gasteiger partial charge in [0.2, 0.25) is 0 Å². The molecule has 1 aliphatic rings. The number of carbonyl (C=O) groups excluding carboxylic acids is 1. The first-order valence-electron chi connectivity index (χ1n) is 6.62. The molecule has 0 aromatic heterocycles. The molecule has 106 valence electrons. The third kappa shape index (κ3) is 2.58. The first-order chi connectivity index (χ1) is 10.1. The second-order valence-corrected chi connectivity index (χ2v) is 5.49. The lowest BCUT2D eigenvalue weighted by Gasteiger charge is -2.29. The molecule has 2 aromatic carbocycles. The zero-order valence-electron chi connectivity index (χ0n) is 11.4. The van der Waals surface area contributed by atoms with Gasteiger partial charge in [0, 0.05) is 10.7 Å². The van der Waals surface area contributed by atoms with Crippen LogP contribution in [0.5, 0.6) is 0 Å². The summed E-state index contributed by atoms with van der Waals surface area (Å²) in [5.74, 6) is -0.254. The van der Waals surface area contributed by atoms with Gasteiger partial charge in [0.1, 0.15) is 0 Å². The van der Waals surface area contributed by atoms with E-state index in [4.69, 9.17) is 11.6 Å². The number of benzene rings is 2. The van der Waals surface area contributed by atoms with E-state index in [9.17, 15) is 9.90 Å². The number of hydrogen-bond donors (Lipinski definition) is 2. The summed E-state index contributed by atoms with van der Waals surface area (Å²) in [6.07, 6.45) is -1.09. The molecule has 0 fully saturated rings. The molecule has 3 rings (SSSR count). The van der Waals surface area contributed by atoms with Crippen molar-refractivity contribution in [2.75, 3.05) is 5.32 Å². The maximum Gasteiger partial charge on any atom is 0.199 e. The first kappa shape index (κ1) is 13.9. The van der Waals surface area contributed by atoms with Gasteiger partial charge in [-0.3, -0.25) is 4.79 Å². The molecule has 3 nitrogen and oxygen atoms in total. The highest BCUT2D eigenvalue weighted by Gasteiger charge is 2.38. The minimum Gasteiger partial charge on any atom is -0.379 e. The van der Waals surface area contributed by atoms with Crippen LogP contribution in [0.4, 0.5) is 5.69 Å². The normalized spacial score (nSPS) is 17.7. The highest BCUT2D eigenvalue weighted by atomic mass is 35.5. The van der Waals surface area contributed by atoms with Gasteiger partial charge in [-0.2, -0.15) is 0 Å². The summed E-state index contributed by atoms with van der Waals surface area (Å²) in [5.41, 5.74) is 3.79. The number of aliphatic hydroxyl groups is 1. The van der Waals surface area contributed by atoms with Crippen LogP contribution in [0.15, 0.2) is 54.2 Å². The van der Waals surface area contributed by atoms with Crippen LogP contribution in [0.3, 0.4) is 0 Å². The number of ketones is 1. The number of rotatable bonds is 3. The van der Waals surface area contributed by atoms with E-state index in [0.717, 1.165) is 16.8 Å². The molecule has 21 heavy (non-hydrogen) atoms. The lowest BCUT2D eigenvalue weighted by atomic mass is 9.83. The van der Waals surface area contributed by atoms with Crippen molar-refractivity contribution in [2.45, 2.75) is 13.0 Å². The molecule has 2 N–H and O–H groups in total. The maximum absolute atomic E-state index is 11.9. The monoisotopic (exact) mass is 299 g/mol. The van der Waals surface area contributed by atoms with Gasteiger partial charge in [-0.05, 0) is 36.8 Å². The molecule has 0 saturated heterocycles. The smallest absolute Gasteiger partial charge is 0.199 e. The van der Waals surface area contributed by atoms with Crippen molar-refractivity contribution in [3.63, 3.8) is 0 Å². The average molecular weight is 300 g/mol. The number of aryl methyl sites for hydroxylation is 1. The van der Waals surface area contributed by atoms with Crippen molar-refractivity contribution in [3.05, 3.63) is 70.4 Å². The lowest BCUT2D eigenvalue weighted by molar-refractivity contribution is -0.121. The number of carbonyl (C=O) groups is 1. The molecule has 0 heterocycles. The van der Waals surface area contributed by atoms with E-state index in [0.29, 0.717) is 16.3 Å². The number of hydrogen-bond acceptors (Lipinski definition) is 3. The molecule has 0 radical (unpaired) electrons. The molecule has 1 aliphatic carbocycles. The Kier molecular flexibility index (Phi) is 3.53. The predicted octanol–water partition coefficient (Wildman–Crippen LogP) is 3.42. The fourth-order valence-electron chi connectivity index (χ4n) is 2.30. The molecule has 0 amide bonds. The Labute approximate surface area is 127 Å². The van der Waals surface area contributed by atoms with Crippen LogP contribution >= 0.6 is 11.6 Å². The van der Waals surface area contributed by atoms with E-state index in [2.05, 4.69) is 5.32 Å². The van der Waals surface area contributed by atoms with Crippen molar-refractivity contribution in [3.8, 4) is 0 Å². The zero-order valence-corrected chi connectivity index (χ0v) is 12.2. The maximum atomic E-state index is 11.9. The molecule has 0 saturated carbocycles. The Morgan fingerprint density at radius 3 is 2.29 bits per heavy atom. The standard InChI is InChI=1S/C17H14ClNO2/c1-10-2-4-11(5-3-10)14-15(17(21)16(14)20)19-13-8-6-12(18)7-9-13/h2-9,17,19,21H,1H3. The minimum atomic E-state index is -1.09. The molecule has 0 bridgehead atoms. The van der Waals surface area contributed by atoms with E-state index in [1.165, 1.54) is 0 Å². The number of Topliss-reactive ketones (excluding diaryl/α,β-unsaturated/α-hetero) is 1. The van der Waals surface area contributed by atoms with Crippen molar-refractivity contribution < 1.29 is 9.90 Å². The summed E-state index contributed by atoms with van der Waals surface area (Å²) in [6.45, 7) is 1.99. The Balaban J connectivity index is 1.95. The molecule has 2 aromatic rings. The number of aliphatic hydroxyl groups excluding tert-OH is 1. The van der Waals surface area contributed by atoms with Crippen LogP contribution in [0, 0.1) is 6.92 Å². The summed E-state index contributed by atoms with van der Waals surface area (Å²) in [7, 11) is 0. The van der Waals surface area contributed by atoms with Crippen molar-refractivity contribution in [2.24, 2.45) is 0 Å². The summed E-state index contributed by atoms with van der Waals surface area (Å²) in [6, 6.07) is 14.8. The molecular weight excluding hydrogens is 286 g/mol. The Morgan fingerprint density at radius 2 is 1.67 bits per heavy atom. The molecule has 1 unspecified atom stereocenters. The Hall–Kier alpha value is -2.10. The Morgan fingerprint density at radius 1 is 1.05 bits per heavy atom. The van der Waals surface area contributed by atoms with Crippen molar-refractivity contribution in [1.29, 1.82) is 0 Å². The Bertz CT molecular complexity index is 717. The average Bonchev–Trinajstić information content (AvgIpc) is 2.50. The van der Waals surface area contributed by atoms with Crippen LogP contribution in [0.25, 0.3) is 5.57 Å². The van der Waals surface area contributed by atoms with Gasteiger partial charge in [0.05, 0.1) is 11.3 Å². The van der Waals surface area contributed by atoms with Gasteiger partial charge in [0.15, 0.2) is 11.9 Å². The molecule has 4 heteroatoms. The molecule has 1 atom stereocenters. The highest BCUT2D eigenvalue weighted by molar-refractivity contribution is 6.32. The van der Waals surface area contributed by atoms with Crippen LogP contribution in [0.1, 0.15) is 11.1 Å². The topological polar surface area (TPSA) is 49.3 Å². The van der Waals surface area contributed by atoms with Gasteiger partial charge < -0.3 is 10.4 Å². The summed E-state index contributed by atoms with van der Waals surface area (Å²) < 4.78 is 0. The van der Waals surface area contributed by atoms with Gasteiger partial charge >= 0.3 is 0 Å². The van der Waals surface area contributed by atoms with Crippen LogP contribution in [0.2, 0.25) is 5.02 Å². The largest absolute Gasteiger partial charge is 0.379 e. The summed E-state index contributed by atoms with van der Waals surface area (Å²) in [4.78, 5) is 11.9. The number of nitrogens with one attached hydrogen (secondary N) is 1. The lowest BCUT2D eigenvalue weighted by Crippen LogP contribution is -2.39. The predicted molar refractivity (Wildman–Crippen MR) is 84.2 cm³/mol. The van der Waals surface area contributed by atoms with E-state index >= 15 is 0 Å². The van der Waals surface area contributed by atoms with Crippen molar-refractivity contribution >= 4 is 28.6 Å². The number of halogens is 1. The van der Waals surface area contributed by atoms with Crippen LogP contribution in [-0.2, 0) is 4.79 Å². The third-order valence-electron chi connectivity index (χ3n) is 3.50. The van der Waals surface area contributed by atoms with Crippen LogP contribution in [-0.4, -0.2) is 17.0 Å². The minimum absolute atomic E-state index is 0.254. The van der Waals surface area contributed by atoms with Gasteiger partial charge in [-0.15, -0.1) is 0 Å². The van der Waals surface area contributed by atoms with E-state index in [-0.39, 0.29) is 5.78 Å². The second kappa shape index (κ2) is 5.35. The highest BCUT2D eigenvalue weighted by Crippen LogP contribution is 2.34. The summed E-state index contributed by atoms with van der Waals surface area (Å²) in [5, 5.41) is 13.6. The van der Waals surface area contributed by atoms with Crippen molar-refractivity contribution in [1.82, 2.24) is 0 Å². The molecule has 0 spiro atoms. The van der Waals surface area contributed by atoms with Gasteiger partial charge in [-0.25, -0.2) is 0 Å². The SMILES string of the molecule is Cc1ccc(C2=C(Nc3ccc(Cl)cc3)C(O)C2=O)cc1. The molecule has 0 aliphatic heterocycles. The van der Waals surface area contributed by atoms with E-state index in [1.807, 2.05) is 31.2 Å². The van der Waals surface area contributed by atoms with Gasteiger partial charge in [0.25, 0.3) is 0 Å². The first-order valence-corrected chi connectivity index (χ1v) is 7.00. The zero-order chi connectivity index (χ0) is 15.0. The third-order valence-corrected chi connectivity index (χ3v) is 3.75. The fourth-order valence-corrected chi connectivity index (χ4v) is 2.42. The quantitative estimate of drug-likeness (QED) is 0.913. The number of anilines is 1. The molecular formula is C17H14ClNO2. The van der Waals surface area contributed by atoms with E-state index < -0.39 is 6.10 Å². The van der Waals surface area contributed by atoms with Gasteiger partial charge in [-0.1, -0.05) is 41.4 Å². The fraction of sp³-hybridized carbons (Fsp3) is 0.118. The second-order valence-electron chi connectivity index (χ2n) is 5.05. The van der Waals surface area contributed by atoms with Crippen LogP contribution < -0.4 is 5.32 Å². The summed E-state index contributed by atoms with van der Waals surface area (Å²) >= 11 is 5.84.